The highest BCUT2D eigenvalue weighted by atomic mass is 19.2. The van der Waals surface area contributed by atoms with Gasteiger partial charge in [-0.15, -0.1) is 0 Å². The smallest absolute Gasteiger partial charge is 0.124 e. The van der Waals surface area contributed by atoms with E-state index in [0.29, 0.717) is 5.12 Å². The highest BCUT2D eigenvalue weighted by Gasteiger charge is 2.00. The van der Waals surface area contributed by atoms with Crippen LogP contribution in [-0.4, -0.2) is 18.2 Å². The van der Waals surface area contributed by atoms with Crippen LogP contribution in [0.15, 0.2) is 24.6 Å². The number of rotatable bonds is 4. The SMILES string of the molecule is C=C(NC(C)C=CC)N(C)F. The van der Waals surface area contributed by atoms with Crippen LogP contribution in [0.5, 0.6) is 0 Å². The van der Waals surface area contributed by atoms with Crippen LogP contribution in [0.3, 0.4) is 0 Å². The van der Waals surface area contributed by atoms with E-state index in [1.54, 1.807) is 0 Å². The van der Waals surface area contributed by atoms with E-state index < -0.39 is 0 Å². The van der Waals surface area contributed by atoms with Crippen molar-refractivity contribution in [3.63, 3.8) is 0 Å². The first kappa shape index (κ1) is 10.0. The average molecular weight is 158 g/mol. The molecule has 0 saturated heterocycles. The molecule has 0 aliphatic heterocycles. The first-order valence-electron chi connectivity index (χ1n) is 3.55. The molecule has 2 nitrogen and oxygen atoms in total. The van der Waals surface area contributed by atoms with E-state index in [9.17, 15) is 4.48 Å². The molecule has 1 atom stereocenters. The zero-order chi connectivity index (χ0) is 8.85. The van der Waals surface area contributed by atoms with Crippen molar-refractivity contribution < 1.29 is 4.48 Å². The molecule has 0 aromatic carbocycles. The van der Waals surface area contributed by atoms with E-state index in [2.05, 4.69) is 11.9 Å². The second-order valence-corrected chi connectivity index (χ2v) is 2.38. The van der Waals surface area contributed by atoms with E-state index in [1.165, 1.54) is 7.05 Å². The molecule has 64 valence electrons. The largest absolute Gasteiger partial charge is 0.364 e. The molecule has 0 fully saturated rings. The van der Waals surface area contributed by atoms with Gasteiger partial charge in [0.25, 0.3) is 0 Å². The summed E-state index contributed by atoms with van der Waals surface area (Å²) in [4.78, 5) is 0. The molecule has 0 bridgehead atoms. The topological polar surface area (TPSA) is 15.3 Å². The lowest BCUT2D eigenvalue weighted by Gasteiger charge is -2.16. The highest BCUT2D eigenvalue weighted by Crippen LogP contribution is 1.96. The van der Waals surface area contributed by atoms with Crippen molar-refractivity contribution in [3.05, 3.63) is 24.6 Å². The Bertz CT molecular complexity index is 152. The molecule has 0 saturated carbocycles. The van der Waals surface area contributed by atoms with Gasteiger partial charge in [-0.2, -0.15) is 5.12 Å². The fourth-order valence-corrected chi connectivity index (χ4v) is 0.689. The summed E-state index contributed by atoms with van der Waals surface area (Å²) in [6.45, 7) is 7.32. The molecular weight excluding hydrogens is 143 g/mol. The lowest BCUT2D eigenvalue weighted by Crippen LogP contribution is -2.28. The zero-order valence-electron chi connectivity index (χ0n) is 7.26. The van der Waals surface area contributed by atoms with Crippen LogP contribution in [-0.2, 0) is 0 Å². The summed E-state index contributed by atoms with van der Waals surface area (Å²) in [5, 5.41) is 3.31. The Hall–Kier alpha value is -0.990. The molecule has 0 aromatic heterocycles. The Kier molecular flexibility index (Phi) is 4.34. The number of hydrogen-bond acceptors (Lipinski definition) is 2. The van der Waals surface area contributed by atoms with Gasteiger partial charge in [-0.1, -0.05) is 23.2 Å². The summed E-state index contributed by atoms with van der Waals surface area (Å²) < 4.78 is 12.3. The van der Waals surface area contributed by atoms with Crippen molar-refractivity contribution in [3.8, 4) is 0 Å². The Morgan fingerprint density at radius 3 is 2.64 bits per heavy atom. The lowest BCUT2D eigenvalue weighted by molar-refractivity contribution is 0.0958. The highest BCUT2D eigenvalue weighted by molar-refractivity contribution is 4.96. The Balaban J connectivity index is 3.75. The van der Waals surface area contributed by atoms with Crippen molar-refractivity contribution in [2.75, 3.05) is 7.05 Å². The van der Waals surface area contributed by atoms with E-state index in [1.807, 2.05) is 26.0 Å². The standard InChI is InChI=1S/C8H15FN2/c1-5-6-7(2)10-8(3)11(4)9/h5-7,10H,3H2,1-2,4H3. The number of hydrogen-bond donors (Lipinski definition) is 1. The fourth-order valence-electron chi connectivity index (χ4n) is 0.689. The van der Waals surface area contributed by atoms with Crippen LogP contribution >= 0.6 is 0 Å². The van der Waals surface area contributed by atoms with Crippen LogP contribution in [0.2, 0.25) is 0 Å². The van der Waals surface area contributed by atoms with Crippen molar-refractivity contribution in [1.29, 1.82) is 0 Å². The second kappa shape index (κ2) is 4.77. The van der Waals surface area contributed by atoms with Crippen LogP contribution < -0.4 is 5.32 Å². The fraction of sp³-hybridized carbons (Fsp3) is 0.500. The summed E-state index contributed by atoms with van der Waals surface area (Å²) in [5.41, 5.74) is 0. The predicted molar refractivity (Wildman–Crippen MR) is 45.4 cm³/mol. The molecule has 0 amide bonds. The average Bonchev–Trinajstić information content (AvgIpc) is 1.87. The van der Waals surface area contributed by atoms with Crippen molar-refractivity contribution in [2.45, 2.75) is 19.9 Å². The van der Waals surface area contributed by atoms with Gasteiger partial charge in [-0.05, 0) is 13.8 Å². The van der Waals surface area contributed by atoms with Crippen molar-refractivity contribution >= 4 is 0 Å². The van der Waals surface area contributed by atoms with E-state index in [0.717, 1.165) is 0 Å². The minimum absolute atomic E-state index is 0.116. The summed E-state index contributed by atoms with van der Waals surface area (Å²) in [7, 11) is 1.30. The van der Waals surface area contributed by atoms with E-state index in [4.69, 9.17) is 0 Å². The third-order valence-corrected chi connectivity index (χ3v) is 1.25. The first-order chi connectivity index (χ1) is 5.07. The third kappa shape index (κ3) is 4.42. The molecule has 3 heteroatoms. The summed E-state index contributed by atoms with van der Waals surface area (Å²) in [6, 6.07) is 0.116. The third-order valence-electron chi connectivity index (χ3n) is 1.25. The van der Waals surface area contributed by atoms with Gasteiger partial charge in [0, 0.05) is 13.1 Å². The monoisotopic (exact) mass is 158 g/mol. The lowest BCUT2D eigenvalue weighted by atomic mass is 10.3. The normalized spacial score (nSPS) is 13.1. The predicted octanol–water partition coefficient (Wildman–Crippen LogP) is 1.83. The maximum absolute atomic E-state index is 12.3. The molecule has 11 heavy (non-hydrogen) atoms. The Morgan fingerprint density at radius 1 is 1.73 bits per heavy atom. The van der Waals surface area contributed by atoms with Crippen LogP contribution in [0.25, 0.3) is 0 Å². The molecule has 0 aromatic rings. The van der Waals surface area contributed by atoms with Gasteiger partial charge in [0.2, 0.25) is 0 Å². The van der Waals surface area contributed by atoms with Gasteiger partial charge < -0.3 is 5.32 Å². The molecule has 0 heterocycles. The number of allylic oxidation sites excluding steroid dienone is 1. The maximum Gasteiger partial charge on any atom is 0.124 e. The summed E-state index contributed by atoms with van der Waals surface area (Å²) >= 11 is 0. The van der Waals surface area contributed by atoms with Gasteiger partial charge >= 0.3 is 0 Å². The molecule has 0 spiro atoms. The molecule has 1 unspecified atom stereocenters. The van der Waals surface area contributed by atoms with Gasteiger partial charge in [0.1, 0.15) is 5.82 Å². The first-order valence-corrected chi connectivity index (χ1v) is 3.55. The summed E-state index contributed by atoms with van der Waals surface area (Å²) in [6.07, 6.45) is 3.83. The van der Waals surface area contributed by atoms with Gasteiger partial charge in [-0.25, -0.2) is 0 Å². The van der Waals surface area contributed by atoms with E-state index >= 15 is 0 Å². The maximum atomic E-state index is 12.3. The molecule has 0 aliphatic rings. The second-order valence-electron chi connectivity index (χ2n) is 2.38. The van der Waals surface area contributed by atoms with Crippen LogP contribution in [0.4, 0.5) is 4.48 Å². The summed E-state index contributed by atoms with van der Waals surface area (Å²) in [5.74, 6) is 0.274. The van der Waals surface area contributed by atoms with Crippen LogP contribution in [0.1, 0.15) is 13.8 Å². The van der Waals surface area contributed by atoms with E-state index in [-0.39, 0.29) is 11.9 Å². The number of halogens is 1. The quantitative estimate of drug-likeness (QED) is 0.496. The molecule has 0 aliphatic carbocycles. The van der Waals surface area contributed by atoms with Crippen molar-refractivity contribution in [2.24, 2.45) is 0 Å². The molecule has 1 N–H and O–H groups in total. The van der Waals surface area contributed by atoms with Gasteiger partial charge in [0.15, 0.2) is 0 Å². The number of nitrogens with one attached hydrogen (secondary N) is 1. The van der Waals surface area contributed by atoms with Crippen molar-refractivity contribution in [1.82, 2.24) is 10.4 Å². The molecule has 0 radical (unpaired) electrons. The molecule has 0 rings (SSSR count). The molecular formula is C8H15FN2. The van der Waals surface area contributed by atoms with Crippen LogP contribution in [0, 0.1) is 0 Å². The Morgan fingerprint density at radius 2 is 2.27 bits per heavy atom. The van der Waals surface area contributed by atoms with Gasteiger partial charge in [-0.3, -0.25) is 0 Å². The number of nitrogens with zero attached hydrogens (tertiary/aromatic N) is 1. The van der Waals surface area contributed by atoms with Gasteiger partial charge in [0.05, 0.1) is 0 Å². The minimum atomic E-state index is 0.116. The Labute approximate surface area is 67.3 Å². The minimum Gasteiger partial charge on any atom is -0.364 e. The zero-order valence-corrected chi connectivity index (χ0v) is 7.26.